The van der Waals surface area contributed by atoms with Crippen molar-refractivity contribution in [1.29, 1.82) is 0 Å². The van der Waals surface area contributed by atoms with Crippen molar-refractivity contribution in [3.63, 3.8) is 0 Å². The van der Waals surface area contributed by atoms with Crippen molar-refractivity contribution in [2.45, 2.75) is 32.2 Å². The van der Waals surface area contributed by atoms with Gasteiger partial charge in [0, 0.05) is 13.6 Å². The van der Waals surface area contributed by atoms with Gasteiger partial charge in [-0.25, -0.2) is 0 Å². The van der Waals surface area contributed by atoms with Crippen LogP contribution in [-0.2, 0) is 6.54 Å². The van der Waals surface area contributed by atoms with E-state index in [4.69, 9.17) is 0 Å². The van der Waals surface area contributed by atoms with Crippen molar-refractivity contribution in [2.24, 2.45) is 5.92 Å². The number of carbonyl (C=O) groups is 1. The maximum atomic E-state index is 11.6. The van der Waals surface area contributed by atoms with Gasteiger partial charge in [-0.15, -0.1) is 0 Å². The predicted octanol–water partition coefficient (Wildman–Crippen LogP) is 0.499. The number of nitrogens with zero attached hydrogens (tertiary/aromatic N) is 2. The quantitative estimate of drug-likeness (QED) is 0.819. The summed E-state index contributed by atoms with van der Waals surface area (Å²) in [5.41, 5.74) is -0.979. The number of aromatic nitrogens is 2. The largest absolute Gasteiger partial charge is 0.503 e. The number of aromatic hydroxyl groups is 1. The molecule has 1 fully saturated rings. The van der Waals surface area contributed by atoms with Crippen LogP contribution in [0.1, 0.15) is 36.2 Å². The van der Waals surface area contributed by atoms with Crippen LogP contribution in [0.5, 0.6) is 5.75 Å². The van der Waals surface area contributed by atoms with Gasteiger partial charge in [0.05, 0.1) is 6.20 Å². The molecular weight excluding hydrogens is 234 g/mol. The second kappa shape index (κ2) is 5.20. The van der Waals surface area contributed by atoms with E-state index < -0.39 is 17.1 Å². The molecule has 1 aliphatic carbocycles. The molecule has 2 N–H and O–H groups in total. The molecule has 0 atom stereocenters. The summed E-state index contributed by atoms with van der Waals surface area (Å²) in [6.07, 6.45) is 5.97. The van der Waals surface area contributed by atoms with E-state index in [1.165, 1.54) is 30.8 Å². The molecule has 1 saturated carbocycles. The molecule has 2 rings (SSSR count). The van der Waals surface area contributed by atoms with Crippen molar-refractivity contribution in [1.82, 2.24) is 15.1 Å². The zero-order chi connectivity index (χ0) is 13.1. The monoisotopic (exact) mass is 251 g/mol. The Bertz CT molecular complexity index is 504. The van der Waals surface area contributed by atoms with E-state index in [2.05, 4.69) is 10.4 Å². The summed E-state index contributed by atoms with van der Waals surface area (Å²) in [6.45, 7) is 0.637. The zero-order valence-electron chi connectivity index (χ0n) is 10.3. The Morgan fingerprint density at radius 3 is 2.83 bits per heavy atom. The molecule has 1 aromatic heterocycles. The van der Waals surface area contributed by atoms with Gasteiger partial charge in [-0.1, -0.05) is 12.8 Å². The average molecular weight is 251 g/mol. The summed E-state index contributed by atoms with van der Waals surface area (Å²) in [5.74, 6) is -0.491. The Kier molecular flexibility index (Phi) is 3.64. The number of nitrogens with one attached hydrogen (secondary N) is 1. The molecule has 0 aromatic carbocycles. The summed E-state index contributed by atoms with van der Waals surface area (Å²) in [6, 6.07) is 0. The number of hydrogen-bond donors (Lipinski definition) is 2. The molecule has 0 spiro atoms. The summed E-state index contributed by atoms with van der Waals surface area (Å²) < 4.78 is 1.50. The number of rotatable bonds is 3. The molecule has 1 aliphatic rings. The van der Waals surface area contributed by atoms with Crippen LogP contribution < -0.4 is 10.7 Å². The number of amides is 1. The van der Waals surface area contributed by atoms with Crippen LogP contribution in [0.2, 0.25) is 0 Å². The molecular formula is C12H17N3O3. The van der Waals surface area contributed by atoms with Crippen molar-refractivity contribution in [2.75, 3.05) is 7.05 Å². The van der Waals surface area contributed by atoms with Gasteiger partial charge < -0.3 is 10.4 Å². The van der Waals surface area contributed by atoms with Crippen molar-refractivity contribution < 1.29 is 9.90 Å². The van der Waals surface area contributed by atoms with Crippen LogP contribution in [0.3, 0.4) is 0 Å². The summed E-state index contributed by atoms with van der Waals surface area (Å²) in [4.78, 5) is 23.0. The fourth-order valence-electron chi connectivity index (χ4n) is 2.34. The van der Waals surface area contributed by atoms with Crippen LogP contribution in [-0.4, -0.2) is 27.8 Å². The molecule has 0 aliphatic heterocycles. The Labute approximate surface area is 105 Å². The molecule has 0 saturated heterocycles. The first-order valence-corrected chi connectivity index (χ1v) is 6.14. The van der Waals surface area contributed by atoms with Crippen LogP contribution >= 0.6 is 0 Å². The standard InChI is InChI=1S/C12H17N3O3/c1-13-12(18)10-11(17)9(16)7-15(14-10)6-8-4-2-3-5-8/h7-8,16H,2-6H2,1H3,(H,13,18). The van der Waals surface area contributed by atoms with Gasteiger partial charge in [0.1, 0.15) is 0 Å². The van der Waals surface area contributed by atoms with Gasteiger partial charge in [-0.3, -0.25) is 14.3 Å². The fourth-order valence-corrected chi connectivity index (χ4v) is 2.34. The Balaban J connectivity index is 2.28. The van der Waals surface area contributed by atoms with E-state index in [1.54, 1.807) is 0 Å². The first kappa shape index (κ1) is 12.6. The second-order valence-electron chi connectivity index (χ2n) is 4.64. The van der Waals surface area contributed by atoms with Crippen LogP contribution in [0, 0.1) is 5.92 Å². The van der Waals surface area contributed by atoms with Crippen LogP contribution in [0.25, 0.3) is 0 Å². The lowest BCUT2D eigenvalue weighted by Crippen LogP contribution is -2.29. The van der Waals surface area contributed by atoms with E-state index in [9.17, 15) is 14.7 Å². The lowest BCUT2D eigenvalue weighted by atomic mass is 10.1. The molecule has 18 heavy (non-hydrogen) atoms. The second-order valence-corrected chi connectivity index (χ2v) is 4.64. The number of hydrogen-bond acceptors (Lipinski definition) is 4. The van der Waals surface area contributed by atoms with Gasteiger partial charge in [-0.2, -0.15) is 5.10 Å². The Morgan fingerprint density at radius 1 is 1.56 bits per heavy atom. The third-order valence-electron chi connectivity index (χ3n) is 3.31. The molecule has 1 aromatic rings. The average Bonchev–Trinajstić information content (AvgIpc) is 2.85. The van der Waals surface area contributed by atoms with Gasteiger partial charge in [0.15, 0.2) is 11.4 Å². The minimum absolute atomic E-state index is 0.254. The summed E-state index contributed by atoms with van der Waals surface area (Å²) in [5, 5.41) is 15.9. The van der Waals surface area contributed by atoms with E-state index in [1.807, 2.05) is 0 Å². The Morgan fingerprint density at radius 2 is 2.22 bits per heavy atom. The van der Waals surface area contributed by atoms with E-state index in [0.29, 0.717) is 12.5 Å². The summed E-state index contributed by atoms with van der Waals surface area (Å²) in [7, 11) is 1.43. The Hall–Kier alpha value is -1.85. The third kappa shape index (κ3) is 2.52. The SMILES string of the molecule is CNC(=O)c1nn(CC2CCCC2)cc(O)c1=O. The lowest BCUT2D eigenvalue weighted by molar-refractivity contribution is 0.0953. The predicted molar refractivity (Wildman–Crippen MR) is 65.5 cm³/mol. The highest BCUT2D eigenvalue weighted by molar-refractivity contribution is 5.92. The maximum Gasteiger partial charge on any atom is 0.275 e. The van der Waals surface area contributed by atoms with Crippen molar-refractivity contribution >= 4 is 5.91 Å². The summed E-state index contributed by atoms with van der Waals surface area (Å²) >= 11 is 0. The molecule has 6 nitrogen and oxygen atoms in total. The smallest absolute Gasteiger partial charge is 0.275 e. The van der Waals surface area contributed by atoms with Gasteiger partial charge in [0.2, 0.25) is 0 Å². The van der Waals surface area contributed by atoms with Gasteiger partial charge in [0.25, 0.3) is 11.3 Å². The molecule has 6 heteroatoms. The highest BCUT2D eigenvalue weighted by atomic mass is 16.3. The van der Waals surface area contributed by atoms with Gasteiger partial charge in [-0.05, 0) is 18.8 Å². The minimum Gasteiger partial charge on any atom is -0.503 e. The van der Waals surface area contributed by atoms with E-state index >= 15 is 0 Å². The minimum atomic E-state index is -0.725. The maximum absolute atomic E-state index is 11.6. The zero-order valence-corrected chi connectivity index (χ0v) is 10.3. The molecule has 1 amide bonds. The van der Waals surface area contributed by atoms with Crippen molar-refractivity contribution in [3.8, 4) is 5.75 Å². The highest BCUT2D eigenvalue weighted by Crippen LogP contribution is 2.25. The normalized spacial score (nSPS) is 15.8. The third-order valence-corrected chi connectivity index (χ3v) is 3.31. The highest BCUT2D eigenvalue weighted by Gasteiger charge is 2.19. The van der Waals surface area contributed by atoms with E-state index in [-0.39, 0.29) is 5.69 Å². The van der Waals surface area contributed by atoms with Gasteiger partial charge >= 0.3 is 0 Å². The molecule has 0 radical (unpaired) electrons. The first-order chi connectivity index (χ1) is 8.61. The molecule has 0 unspecified atom stereocenters. The molecule has 1 heterocycles. The topological polar surface area (TPSA) is 84.2 Å². The number of carbonyl (C=O) groups excluding carboxylic acids is 1. The van der Waals surface area contributed by atoms with E-state index in [0.717, 1.165) is 12.8 Å². The van der Waals surface area contributed by atoms with Crippen molar-refractivity contribution in [3.05, 3.63) is 22.1 Å². The van der Waals surface area contributed by atoms with Crippen LogP contribution in [0.4, 0.5) is 0 Å². The first-order valence-electron chi connectivity index (χ1n) is 6.14. The molecule has 98 valence electrons. The fraction of sp³-hybridized carbons (Fsp3) is 0.583. The molecule has 0 bridgehead atoms. The van der Waals surface area contributed by atoms with Crippen LogP contribution in [0.15, 0.2) is 11.0 Å². The lowest BCUT2D eigenvalue weighted by Gasteiger charge is -2.12.